The zero-order chi connectivity index (χ0) is 15.4. The zero-order valence-electron chi connectivity index (χ0n) is 13.3. The molecule has 0 spiro atoms. The van der Waals surface area contributed by atoms with Gasteiger partial charge in [0.05, 0.1) is 18.1 Å². The fraction of sp³-hybridized carbons (Fsp3) is 0.588. The van der Waals surface area contributed by atoms with Crippen molar-refractivity contribution in [2.75, 3.05) is 6.54 Å². The van der Waals surface area contributed by atoms with E-state index in [1.807, 2.05) is 45.0 Å². The number of para-hydroxylation sites is 1. The molecule has 2 N–H and O–H groups in total. The van der Waals surface area contributed by atoms with Crippen molar-refractivity contribution in [3.63, 3.8) is 0 Å². The summed E-state index contributed by atoms with van der Waals surface area (Å²) in [5.74, 6) is 1.03. The average molecular weight is 290 g/mol. The fourth-order valence-electron chi connectivity index (χ4n) is 2.81. The molecule has 1 amide bonds. The van der Waals surface area contributed by atoms with Gasteiger partial charge in [0.2, 0.25) is 5.91 Å². The van der Waals surface area contributed by atoms with E-state index in [-0.39, 0.29) is 30.0 Å². The van der Waals surface area contributed by atoms with Crippen LogP contribution in [0.5, 0.6) is 5.75 Å². The van der Waals surface area contributed by atoms with Crippen LogP contribution in [0.25, 0.3) is 0 Å². The predicted octanol–water partition coefficient (Wildman–Crippen LogP) is 2.65. The Morgan fingerprint density at radius 2 is 2.05 bits per heavy atom. The second-order valence-electron chi connectivity index (χ2n) is 6.07. The molecule has 3 atom stereocenters. The van der Waals surface area contributed by atoms with Gasteiger partial charge in [-0.1, -0.05) is 18.2 Å². The van der Waals surface area contributed by atoms with Gasteiger partial charge in [-0.15, -0.1) is 0 Å². The summed E-state index contributed by atoms with van der Waals surface area (Å²) in [5.41, 5.74) is 1.03. The number of hydrogen-bond donors (Lipinski definition) is 2. The summed E-state index contributed by atoms with van der Waals surface area (Å²) in [5, 5.41) is 6.44. The SMILES string of the molecule is CC(C)Oc1ccccc1C(C)NC(=O)C1CCNC1C. The van der Waals surface area contributed by atoms with E-state index in [1.165, 1.54) is 0 Å². The lowest BCUT2D eigenvalue weighted by atomic mass is 9.99. The van der Waals surface area contributed by atoms with Crippen molar-refractivity contribution >= 4 is 5.91 Å². The monoisotopic (exact) mass is 290 g/mol. The first-order valence-corrected chi connectivity index (χ1v) is 7.78. The smallest absolute Gasteiger partial charge is 0.225 e. The van der Waals surface area contributed by atoms with Gasteiger partial charge in [-0.25, -0.2) is 0 Å². The van der Waals surface area contributed by atoms with E-state index in [0.29, 0.717) is 0 Å². The van der Waals surface area contributed by atoms with E-state index in [1.54, 1.807) is 0 Å². The van der Waals surface area contributed by atoms with E-state index in [4.69, 9.17) is 4.74 Å². The molecule has 1 aromatic rings. The first-order chi connectivity index (χ1) is 9.99. The molecule has 4 nitrogen and oxygen atoms in total. The second-order valence-corrected chi connectivity index (χ2v) is 6.07. The van der Waals surface area contributed by atoms with Crippen molar-refractivity contribution in [3.8, 4) is 5.75 Å². The van der Waals surface area contributed by atoms with Crippen LogP contribution in [-0.2, 0) is 4.79 Å². The lowest BCUT2D eigenvalue weighted by molar-refractivity contribution is -0.125. The minimum Gasteiger partial charge on any atom is -0.491 e. The lowest BCUT2D eigenvalue weighted by Crippen LogP contribution is -2.38. The average Bonchev–Trinajstić information content (AvgIpc) is 2.85. The summed E-state index contributed by atoms with van der Waals surface area (Å²) >= 11 is 0. The van der Waals surface area contributed by atoms with Crippen molar-refractivity contribution in [2.45, 2.75) is 52.3 Å². The van der Waals surface area contributed by atoms with Gasteiger partial charge >= 0.3 is 0 Å². The van der Waals surface area contributed by atoms with Gasteiger partial charge < -0.3 is 15.4 Å². The van der Waals surface area contributed by atoms with E-state index in [9.17, 15) is 4.79 Å². The van der Waals surface area contributed by atoms with Crippen LogP contribution < -0.4 is 15.4 Å². The molecule has 1 aliphatic rings. The molecule has 1 aromatic carbocycles. The molecule has 1 saturated heterocycles. The topological polar surface area (TPSA) is 50.4 Å². The maximum Gasteiger partial charge on any atom is 0.225 e. The van der Waals surface area contributed by atoms with Crippen molar-refractivity contribution in [1.29, 1.82) is 0 Å². The molecule has 4 heteroatoms. The first kappa shape index (κ1) is 15.8. The standard InChI is InChI=1S/C17H26N2O2/c1-11(2)21-16-8-6-5-7-14(16)13(4)19-17(20)15-9-10-18-12(15)3/h5-8,11-13,15,18H,9-10H2,1-4H3,(H,19,20). The van der Waals surface area contributed by atoms with Gasteiger partial charge in [-0.3, -0.25) is 4.79 Å². The summed E-state index contributed by atoms with van der Waals surface area (Å²) in [7, 11) is 0. The third-order valence-electron chi connectivity index (χ3n) is 3.97. The van der Waals surface area contributed by atoms with E-state index in [0.717, 1.165) is 24.3 Å². The van der Waals surface area contributed by atoms with Crippen molar-refractivity contribution in [2.24, 2.45) is 5.92 Å². The summed E-state index contributed by atoms with van der Waals surface area (Å²) in [6.07, 6.45) is 1.03. The Labute approximate surface area is 127 Å². The van der Waals surface area contributed by atoms with Crippen LogP contribution in [0.3, 0.4) is 0 Å². The maximum absolute atomic E-state index is 12.4. The minimum absolute atomic E-state index is 0.0553. The second kappa shape index (κ2) is 6.94. The van der Waals surface area contributed by atoms with Crippen LogP contribution in [0.2, 0.25) is 0 Å². The number of hydrogen-bond acceptors (Lipinski definition) is 3. The number of benzene rings is 1. The first-order valence-electron chi connectivity index (χ1n) is 7.78. The van der Waals surface area contributed by atoms with Crippen LogP contribution in [0.4, 0.5) is 0 Å². The Kier molecular flexibility index (Phi) is 5.23. The molecule has 1 heterocycles. The van der Waals surface area contributed by atoms with Crippen LogP contribution in [0.1, 0.15) is 45.7 Å². The fourth-order valence-corrected chi connectivity index (χ4v) is 2.81. The van der Waals surface area contributed by atoms with Crippen molar-refractivity contribution in [3.05, 3.63) is 29.8 Å². The van der Waals surface area contributed by atoms with Crippen LogP contribution in [-0.4, -0.2) is 24.6 Å². The molecule has 0 radical (unpaired) electrons. The molecule has 116 valence electrons. The number of nitrogens with one attached hydrogen (secondary N) is 2. The Morgan fingerprint density at radius 1 is 1.33 bits per heavy atom. The largest absolute Gasteiger partial charge is 0.491 e. The van der Waals surface area contributed by atoms with Gasteiger partial charge in [-0.2, -0.15) is 0 Å². The van der Waals surface area contributed by atoms with Gasteiger partial charge in [-0.05, 0) is 46.7 Å². The molecule has 2 rings (SSSR count). The van der Waals surface area contributed by atoms with Crippen LogP contribution in [0, 0.1) is 5.92 Å². The Hall–Kier alpha value is -1.55. The molecule has 0 saturated carbocycles. The molecule has 0 aliphatic carbocycles. The highest BCUT2D eigenvalue weighted by atomic mass is 16.5. The molecule has 0 aromatic heterocycles. The summed E-state index contributed by atoms with van der Waals surface area (Å²) < 4.78 is 5.83. The van der Waals surface area contributed by atoms with E-state index in [2.05, 4.69) is 17.6 Å². The molecule has 1 fully saturated rings. The van der Waals surface area contributed by atoms with Crippen molar-refractivity contribution < 1.29 is 9.53 Å². The van der Waals surface area contributed by atoms with E-state index >= 15 is 0 Å². The Balaban J connectivity index is 2.06. The third-order valence-corrected chi connectivity index (χ3v) is 3.97. The predicted molar refractivity (Wildman–Crippen MR) is 84.3 cm³/mol. The third kappa shape index (κ3) is 3.97. The Morgan fingerprint density at radius 3 is 2.67 bits per heavy atom. The lowest BCUT2D eigenvalue weighted by Gasteiger charge is -2.22. The number of amides is 1. The van der Waals surface area contributed by atoms with Gasteiger partial charge in [0.25, 0.3) is 0 Å². The van der Waals surface area contributed by atoms with Crippen LogP contribution in [0.15, 0.2) is 24.3 Å². The van der Waals surface area contributed by atoms with Gasteiger partial charge in [0.1, 0.15) is 5.75 Å². The molecule has 0 bridgehead atoms. The number of rotatable bonds is 5. The van der Waals surface area contributed by atoms with Crippen molar-refractivity contribution in [1.82, 2.24) is 10.6 Å². The number of carbonyl (C=O) groups is 1. The zero-order valence-corrected chi connectivity index (χ0v) is 13.3. The molecule has 21 heavy (non-hydrogen) atoms. The molecule has 3 unspecified atom stereocenters. The highest BCUT2D eigenvalue weighted by Gasteiger charge is 2.30. The van der Waals surface area contributed by atoms with Gasteiger partial charge in [0, 0.05) is 11.6 Å². The normalized spacial score (nSPS) is 23.1. The molecule has 1 aliphatic heterocycles. The van der Waals surface area contributed by atoms with Crippen LogP contribution >= 0.6 is 0 Å². The summed E-state index contributed by atoms with van der Waals surface area (Å²) in [4.78, 5) is 12.4. The minimum atomic E-state index is -0.0553. The quantitative estimate of drug-likeness (QED) is 0.876. The number of carbonyl (C=O) groups excluding carboxylic acids is 1. The molecular weight excluding hydrogens is 264 g/mol. The number of ether oxygens (including phenoxy) is 1. The summed E-state index contributed by atoms with van der Waals surface area (Å²) in [6.45, 7) is 9.00. The Bertz CT molecular complexity index is 487. The van der Waals surface area contributed by atoms with E-state index < -0.39 is 0 Å². The highest BCUT2D eigenvalue weighted by molar-refractivity contribution is 5.80. The molecular formula is C17H26N2O2. The van der Waals surface area contributed by atoms with Gasteiger partial charge in [0.15, 0.2) is 0 Å². The summed E-state index contributed by atoms with van der Waals surface area (Å²) in [6, 6.07) is 8.10. The maximum atomic E-state index is 12.4. The highest BCUT2D eigenvalue weighted by Crippen LogP contribution is 2.26.